The lowest BCUT2D eigenvalue weighted by molar-refractivity contribution is -0.123. The molecule has 1 fully saturated rings. The standard InChI is InChI=1S/C25H28N2O3/c1-19-8-10-21(11-9-19)16-25(23(17-26)20(2)28)12-14-27(15-13-25)24(29)30-18-22-6-4-3-5-7-22/h3-11,23H,12-16,18H2,1-2H3. The summed E-state index contributed by atoms with van der Waals surface area (Å²) < 4.78 is 5.46. The van der Waals surface area contributed by atoms with Gasteiger partial charge in [0.2, 0.25) is 0 Å². The fraction of sp³-hybridized carbons (Fsp3) is 0.400. The van der Waals surface area contributed by atoms with E-state index in [-0.39, 0.29) is 18.5 Å². The Morgan fingerprint density at radius 1 is 1.07 bits per heavy atom. The van der Waals surface area contributed by atoms with E-state index >= 15 is 0 Å². The van der Waals surface area contributed by atoms with E-state index in [1.807, 2.05) is 49.4 Å². The number of likely N-dealkylation sites (tertiary alicyclic amines) is 1. The molecule has 0 bridgehead atoms. The van der Waals surface area contributed by atoms with E-state index in [4.69, 9.17) is 4.74 Å². The van der Waals surface area contributed by atoms with Crippen LogP contribution in [-0.2, 0) is 22.6 Å². The first-order chi connectivity index (χ1) is 14.4. The van der Waals surface area contributed by atoms with Crippen LogP contribution in [0.4, 0.5) is 4.79 Å². The summed E-state index contributed by atoms with van der Waals surface area (Å²) in [6.45, 7) is 4.72. The summed E-state index contributed by atoms with van der Waals surface area (Å²) in [7, 11) is 0. The third-order valence-electron chi connectivity index (χ3n) is 6.05. The molecule has 1 unspecified atom stereocenters. The van der Waals surface area contributed by atoms with Crippen molar-refractivity contribution >= 4 is 11.9 Å². The third-order valence-corrected chi connectivity index (χ3v) is 6.05. The summed E-state index contributed by atoms with van der Waals surface area (Å²) in [4.78, 5) is 26.5. The van der Waals surface area contributed by atoms with Crippen molar-refractivity contribution in [1.82, 2.24) is 4.90 Å². The SMILES string of the molecule is CC(=O)C(C#N)C1(Cc2ccc(C)cc2)CCN(C(=O)OCc2ccccc2)CC1. The lowest BCUT2D eigenvalue weighted by Gasteiger charge is -2.43. The summed E-state index contributed by atoms with van der Waals surface area (Å²) in [5, 5.41) is 9.75. The second kappa shape index (κ2) is 9.58. The average Bonchev–Trinajstić information content (AvgIpc) is 2.75. The number of ketones is 1. The smallest absolute Gasteiger partial charge is 0.410 e. The summed E-state index contributed by atoms with van der Waals surface area (Å²) in [5.74, 6) is -0.786. The van der Waals surface area contributed by atoms with E-state index in [2.05, 4.69) is 18.2 Å². The van der Waals surface area contributed by atoms with Gasteiger partial charge in [-0.2, -0.15) is 5.26 Å². The van der Waals surface area contributed by atoms with Gasteiger partial charge in [0, 0.05) is 18.5 Å². The van der Waals surface area contributed by atoms with Crippen LogP contribution >= 0.6 is 0 Å². The maximum atomic E-state index is 12.5. The number of benzene rings is 2. The molecule has 2 aromatic rings. The predicted molar refractivity (Wildman–Crippen MR) is 115 cm³/mol. The first kappa shape index (κ1) is 21.6. The number of nitriles is 1. The van der Waals surface area contributed by atoms with Crippen LogP contribution in [0.3, 0.4) is 0 Å². The van der Waals surface area contributed by atoms with Crippen LogP contribution in [0.2, 0.25) is 0 Å². The zero-order valence-corrected chi connectivity index (χ0v) is 17.6. The van der Waals surface area contributed by atoms with Crippen LogP contribution in [0.5, 0.6) is 0 Å². The van der Waals surface area contributed by atoms with Crippen LogP contribution in [-0.4, -0.2) is 29.9 Å². The second-order valence-corrected chi connectivity index (χ2v) is 8.22. The van der Waals surface area contributed by atoms with Crippen LogP contribution in [0.15, 0.2) is 54.6 Å². The Morgan fingerprint density at radius 3 is 2.27 bits per heavy atom. The van der Waals surface area contributed by atoms with Gasteiger partial charge in [-0.05, 0) is 44.2 Å². The quantitative estimate of drug-likeness (QED) is 0.701. The van der Waals surface area contributed by atoms with Crippen molar-refractivity contribution in [2.75, 3.05) is 13.1 Å². The zero-order valence-electron chi connectivity index (χ0n) is 17.6. The molecule has 1 amide bonds. The molecule has 1 atom stereocenters. The van der Waals surface area contributed by atoms with E-state index in [0.29, 0.717) is 32.4 Å². The van der Waals surface area contributed by atoms with Gasteiger partial charge in [-0.1, -0.05) is 60.2 Å². The first-order valence-electron chi connectivity index (χ1n) is 10.3. The fourth-order valence-electron chi connectivity index (χ4n) is 4.28. The molecular weight excluding hydrogens is 376 g/mol. The summed E-state index contributed by atoms with van der Waals surface area (Å²) in [6.07, 6.45) is 1.50. The lowest BCUT2D eigenvalue weighted by atomic mass is 9.64. The number of amides is 1. The number of nitrogens with zero attached hydrogens (tertiary/aromatic N) is 2. The Kier molecular flexibility index (Phi) is 6.89. The molecule has 0 aliphatic carbocycles. The van der Waals surface area contributed by atoms with Gasteiger partial charge in [0.25, 0.3) is 0 Å². The number of rotatable bonds is 6. The Labute approximate surface area is 178 Å². The first-order valence-corrected chi connectivity index (χ1v) is 10.3. The van der Waals surface area contributed by atoms with Crippen molar-refractivity contribution in [2.45, 2.75) is 39.7 Å². The Morgan fingerprint density at radius 2 is 1.70 bits per heavy atom. The predicted octanol–water partition coefficient (Wildman–Crippen LogP) is 4.69. The number of carbonyl (C=O) groups excluding carboxylic acids is 2. The molecule has 3 rings (SSSR count). The number of hydrogen-bond acceptors (Lipinski definition) is 4. The number of carbonyl (C=O) groups is 2. The third kappa shape index (κ3) is 5.07. The van der Waals surface area contributed by atoms with Gasteiger partial charge in [0.05, 0.1) is 6.07 Å². The molecule has 5 heteroatoms. The summed E-state index contributed by atoms with van der Waals surface area (Å²) >= 11 is 0. The van der Waals surface area contributed by atoms with Crippen molar-refractivity contribution in [3.05, 3.63) is 71.3 Å². The maximum absolute atomic E-state index is 12.5. The molecule has 1 aliphatic heterocycles. The zero-order chi connectivity index (χ0) is 21.6. The van der Waals surface area contributed by atoms with Crippen molar-refractivity contribution in [3.8, 4) is 6.07 Å². The molecule has 2 aromatic carbocycles. The average molecular weight is 405 g/mol. The lowest BCUT2D eigenvalue weighted by Crippen LogP contribution is -2.48. The molecule has 0 N–H and O–H groups in total. The summed E-state index contributed by atoms with van der Waals surface area (Å²) in [5.41, 5.74) is 2.76. The molecule has 30 heavy (non-hydrogen) atoms. The minimum absolute atomic E-state index is 0.107. The van der Waals surface area contributed by atoms with Crippen molar-refractivity contribution in [2.24, 2.45) is 11.3 Å². The minimum Gasteiger partial charge on any atom is -0.445 e. The van der Waals surface area contributed by atoms with Gasteiger partial charge in [-0.15, -0.1) is 0 Å². The Hall–Kier alpha value is -3.13. The van der Waals surface area contributed by atoms with E-state index < -0.39 is 11.3 Å². The largest absolute Gasteiger partial charge is 0.445 e. The van der Waals surface area contributed by atoms with Crippen molar-refractivity contribution < 1.29 is 14.3 Å². The maximum Gasteiger partial charge on any atom is 0.410 e. The molecular formula is C25H28N2O3. The van der Waals surface area contributed by atoms with Gasteiger partial charge in [0.1, 0.15) is 18.3 Å². The van der Waals surface area contributed by atoms with E-state index in [9.17, 15) is 14.9 Å². The Balaban J connectivity index is 1.69. The summed E-state index contributed by atoms with van der Waals surface area (Å²) in [6, 6.07) is 20.0. The highest BCUT2D eigenvalue weighted by atomic mass is 16.6. The molecule has 0 spiro atoms. The van der Waals surface area contributed by atoms with Crippen molar-refractivity contribution in [3.63, 3.8) is 0 Å². The van der Waals surface area contributed by atoms with Crippen molar-refractivity contribution in [1.29, 1.82) is 5.26 Å². The number of Topliss-reactive ketones (excluding diaryl/α,β-unsaturated/α-hetero) is 1. The number of aryl methyl sites for hydroxylation is 1. The molecule has 1 saturated heterocycles. The molecule has 156 valence electrons. The molecule has 1 aliphatic rings. The van der Waals surface area contributed by atoms with Gasteiger partial charge < -0.3 is 9.64 Å². The number of ether oxygens (including phenoxy) is 1. The molecule has 0 radical (unpaired) electrons. The highest BCUT2D eigenvalue weighted by Crippen LogP contribution is 2.42. The molecule has 0 aromatic heterocycles. The van der Waals surface area contributed by atoms with Gasteiger partial charge in [-0.25, -0.2) is 4.79 Å². The van der Waals surface area contributed by atoms with Gasteiger partial charge >= 0.3 is 6.09 Å². The Bertz CT molecular complexity index is 908. The minimum atomic E-state index is -0.679. The van der Waals surface area contributed by atoms with Gasteiger partial charge in [-0.3, -0.25) is 4.79 Å². The van der Waals surface area contributed by atoms with Crippen LogP contribution in [0.25, 0.3) is 0 Å². The van der Waals surface area contributed by atoms with Crippen LogP contribution < -0.4 is 0 Å². The van der Waals surface area contributed by atoms with E-state index in [1.54, 1.807) is 4.90 Å². The normalized spacial score (nSPS) is 16.4. The number of hydrogen-bond donors (Lipinski definition) is 0. The van der Waals surface area contributed by atoms with E-state index in [0.717, 1.165) is 11.1 Å². The van der Waals surface area contributed by atoms with E-state index in [1.165, 1.54) is 12.5 Å². The van der Waals surface area contributed by atoms with Gasteiger partial charge in [0.15, 0.2) is 0 Å². The highest BCUT2D eigenvalue weighted by molar-refractivity contribution is 5.82. The highest BCUT2D eigenvalue weighted by Gasteiger charge is 2.45. The monoisotopic (exact) mass is 404 g/mol. The molecule has 1 heterocycles. The van der Waals surface area contributed by atoms with Crippen LogP contribution in [0.1, 0.15) is 36.5 Å². The molecule has 0 saturated carbocycles. The number of piperidine rings is 1. The molecule has 5 nitrogen and oxygen atoms in total. The second-order valence-electron chi connectivity index (χ2n) is 8.22. The fourth-order valence-corrected chi connectivity index (χ4v) is 4.28. The van der Waals surface area contributed by atoms with Crippen LogP contribution in [0, 0.1) is 29.6 Å². The topological polar surface area (TPSA) is 70.4 Å².